The molecule has 8 heteroatoms. The van der Waals surface area contributed by atoms with Crippen molar-refractivity contribution < 1.29 is 23.2 Å². The second-order valence-corrected chi connectivity index (χ2v) is 6.26. The van der Waals surface area contributed by atoms with Crippen molar-refractivity contribution in [1.82, 2.24) is 9.80 Å². The van der Waals surface area contributed by atoms with E-state index in [2.05, 4.69) is 0 Å². The Kier molecular flexibility index (Phi) is 4.69. The molecule has 0 aliphatic carbocycles. The van der Waals surface area contributed by atoms with Crippen LogP contribution >= 0.6 is 0 Å². The molecule has 0 aromatic heterocycles. The van der Waals surface area contributed by atoms with Crippen molar-refractivity contribution in [2.45, 2.75) is 13.3 Å². The molecule has 0 bridgehead atoms. The summed E-state index contributed by atoms with van der Waals surface area (Å²) < 4.78 is 26.9. The second kappa shape index (κ2) is 6.78. The average Bonchev–Trinajstić information content (AvgIpc) is 2.96. The maximum Gasteiger partial charge on any atom is 0.239 e. The van der Waals surface area contributed by atoms with Crippen LogP contribution in [0.3, 0.4) is 0 Å². The molecule has 1 unspecified atom stereocenters. The molecule has 0 radical (unpaired) electrons. The minimum Gasteiger partial charge on any atom is -0.339 e. The molecule has 0 spiro atoms. The number of nitrogens with zero attached hydrogens (tertiary/aromatic N) is 3. The number of amides is 3. The lowest BCUT2D eigenvalue weighted by Crippen LogP contribution is -2.52. The lowest BCUT2D eigenvalue weighted by Gasteiger charge is -2.35. The molecular weight excluding hydrogens is 332 g/mol. The van der Waals surface area contributed by atoms with Gasteiger partial charge in [-0.3, -0.25) is 14.4 Å². The van der Waals surface area contributed by atoms with E-state index in [-0.39, 0.29) is 24.0 Å². The number of rotatable bonds is 2. The molecule has 2 heterocycles. The minimum absolute atomic E-state index is 0.0110. The first kappa shape index (κ1) is 17.3. The van der Waals surface area contributed by atoms with Crippen LogP contribution in [0, 0.1) is 17.6 Å². The first-order chi connectivity index (χ1) is 11.9. The number of benzene rings is 1. The van der Waals surface area contributed by atoms with E-state index in [0.29, 0.717) is 32.6 Å². The number of carbonyl (C=O) groups excluding carboxylic acids is 3. The zero-order chi connectivity index (χ0) is 18.1. The van der Waals surface area contributed by atoms with E-state index in [4.69, 9.17) is 0 Å². The van der Waals surface area contributed by atoms with Crippen molar-refractivity contribution in [2.24, 2.45) is 5.92 Å². The summed E-state index contributed by atoms with van der Waals surface area (Å²) in [6, 6.07) is 3.02. The number of anilines is 1. The van der Waals surface area contributed by atoms with Gasteiger partial charge in [-0.25, -0.2) is 8.78 Å². The van der Waals surface area contributed by atoms with Crippen LogP contribution in [0.4, 0.5) is 14.5 Å². The highest BCUT2D eigenvalue weighted by Crippen LogP contribution is 2.29. The lowest BCUT2D eigenvalue weighted by molar-refractivity contribution is -0.144. The van der Waals surface area contributed by atoms with Gasteiger partial charge in [0.05, 0.1) is 5.69 Å². The van der Waals surface area contributed by atoms with Crippen LogP contribution in [-0.4, -0.2) is 60.2 Å². The van der Waals surface area contributed by atoms with Gasteiger partial charge in [0.1, 0.15) is 17.6 Å². The maximum absolute atomic E-state index is 13.9. The van der Waals surface area contributed by atoms with Crippen molar-refractivity contribution in [2.75, 3.05) is 37.6 Å². The molecule has 2 aliphatic rings. The van der Waals surface area contributed by atoms with Gasteiger partial charge in [0.25, 0.3) is 0 Å². The quantitative estimate of drug-likeness (QED) is 0.747. The van der Waals surface area contributed by atoms with Crippen LogP contribution in [0.25, 0.3) is 0 Å². The van der Waals surface area contributed by atoms with Gasteiger partial charge in [0.2, 0.25) is 17.7 Å². The number of halogens is 2. The van der Waals surface area contributed by atoms with Gasteiger partial charge < -0.3 is 14.7 Å². The van der Waals surface area contributed by atoms with Crippen LogP contribution in [0.5, 0.6) is 0 Å². The molecule has 134 valence electrons. The molecule has 2 aliphatic heterocycles. The van der Waals surface area contributed by atoms with E-state index in [9.17, 15) is 23.2 Å². The summed E-state index contributed by atoms with van der Waals surface area (Å²) in [6.07, 6.45) is 0.293. The molecule has 0 N–H and O–H groups in total. The van der Waals surface area contributed by atoms with Crippen LogP contribution < -0.4 is 4.90 Å². The zero-order valence-corrected chi connectivity index (χ0v) is 13.9. The van der Waals surface area contributed by atoms with Gasteiger partial charge in [-0.05, 0) is 18.6 Å². The van der Waals surface area contributed by atoms with Gasteiger partial charge in [-0.15, -0.1) is 0 Å². The van der Waals surface area contributed by atoms with Crippen LogP contribution in [0.2, 0.25) is 0 Å². The first-order valence-corrected chi connectivity index (χ1v) is 8.19. The normalized spacial score (nSPS) is 21.0. The second-order valence-electron chi connectivity index (χ2n) is 6.26. The molecule has 25 heavy (non-hydrogen) atoms. The third kappa shape index (κ3) is 3.33. The smallest absolute Gasteiger partial charge is 0.239 e. The molecule has 2 saturated heterocycles. The van der Waals surface area contributed by atoms with E-state index in [1.165, 1.54) is 17.9 Å². The predicted octanol–water partition coefficient (Wildman–Crippen LogP) is 1.01. The minimum atomic E-state index is -0.853. The van der Waals surface area contributed by atoms with Crippen molar-refractivity contribution in [3.8, 4) is 0 Å². The highest BCUT2D eigenvalue weighted by Gasteiger charge is 2.41. The summed E-state index contributed by atoms with van der Waals surface area (Å²) in [5, 5.41) is 0. The highest BCUT2D eigenvalue weighted by atomic mass is 19.1. The third-order valence-corrected chi connectivity index (χ3v) is 4.74. The summed E-state index contributed by atoms with van der Waals surface area (Å²) >= 11 is 0. The summed E-state index contributed by atoms with van der Waals surface area (Å²) in [6.45, 7) is 3.34. The molecule has 0 saturated carbocycles. The van der Waals surface area contributed by atoms with Crippen molar-refractivity contribution in [3.05, 3.63) is 29.8 Å². The van der Waals surface area contributed by atoms with Gasteiger partial charge in [-0.1, -0.05) is 0 Å². The Labute approximate surface area is 144 Å². The van der Waals surface area contributed by atoms with Gasteiger partial charge in [-0.2, -0.15) is 0 Å². The Morgan fingerprint density at radius 1 is 1.04 bits per heavy atom. The Balaban J connectivity index is 1.67. The van der Waals surface area contributed by atoms with Crippen molar-refractivity contribution >= 4 is 23.4 Å². The molecule has 1 atom stereocenters. The Morgan fingerprint density at radius 2 is 1.68 bits per heavy atom. The summed E-state index contributed by atoms with van der Waals surface area (Å²) in [5.41, 5.74) is -0.0110. The summed E-state index contributed by atoms with van der Waals surface area (Å²) in [4.78, 5) is 40.9. The van der Waals surface area contributed by atoms with Gasteiger partial charge in [0.15, 0.2) is 0 Å². The van der Waals surface area contributed by atoms with Crippen LogP contribution in [-0.2, 0) is 14.4 Å². The number of hydrogen-bond acceptors (Lipinski definition) is 3. The Bertz CT molecular complexity index is 717. The largest absolute Gasteiger partial charge is 0.339 e. The fraction of sp³-hybridized carbons (Fsp3) is 0.471. The molecule has 3 rings (SSSR count). The maximum atomic E-state index is 13.9. The summed E-state index contributed by atoms with van der Waals surface area (Å²) in [7, 11) is 0. The average molecular weight is 351 g/mol. The van der Waals surface area contributed by atoms with Gasteiger partial charge in [0, 0.05) is 45.7 Å². The topological polar surface area (TPSA) is 60.9 Å². The molecule has 1 aromatic rings. The highest BCUT2D eigenvalue weighted by molar-refractivity contribution is 6.09. The molecule has 1 aromatic carbocycles. The predicted molar refractivity (Wildman–Crippen MR) is 85.7 cm³/mol. The van der Waals surface area contributed by atoms with Crippen LogP contribution in [0.1, 0.15) is 13.3 Å². The van der Waals surface area contributed by atoms with Crippen molar-refractivity contribution in [1.29, 1.82) is 0 Å². The standard InChI is InChI=1S/C17H19F2N3O3/c1-11(23)20-6-8-21(9-7-20)16(24)13-4-5-22(17(13)25)15-3-2-12(18)10-14(15)19/h2-3,10,13H,4-9H2,1H3. The van der Waals surface area contributed by atoms with Crippen LogP contribution in [0.15, 0.2) is 18.2 Å². The van der Waals surface area contributed by atoms with E-state index in [1.807, 2.05) is 0 Å². The monoisotopic (exact) mass is 351 g/mol. The fourth-order valence-electron chi connectivity index (χ4n) is 3.31. The fourth-order valence-corrected chi connectivity index (χ4v) is 3.31. The van der Waals surface area contributed by atoms with E-state index in [1.54, 1.807) is 9.80 Å². The lowest BCUT2D eigenvalue weighted by atomic mass is 10.1. The molecule has 2 fully saturated rings. The Morgan fingerprint density at radius 3 is 2.28 bits per heavy atom. The molecular formula is C17H19F2N3O3. The SMILES string of the molecule is CC(=O)N1CCN(C(=O)C2CCN(c3ccc(F)cc3F)C2=O)CC1. The van der Waals surface area contributed by atoms with Crippen molar-refractivity contribution in [3.63, 3.8) is 0 Å². The number of piperazine rings is 1. The molecule has 3 amide bonds. The molecule has 6 nitrogen and oxygen atoms in total. The third-order valence-electron chi connectivity index (χ3n) is 4.74. The van der Waals surface area contributed by atoms with E-state index < -0.39 is 23.5 Å². The number of hydrogen-bond donors (Lipinski definition) is 0. The van der Waals surface area contributed by atoms with E-state index in [0.717, 1.165) is 12.1 Å². The zero-order valence-electron chi connectivity index (χ0n) is 13.9. The van der Waals surface area contributed by atoms with Gasteiger partial charge >= 0.3 is 0 Å². The summed E-state index contributed by atoms with van der Waals surface area (Å²) in [5.74, 6) is -3.20. The van der Waals surface area contributed by atoms with E-state index >= 15 is 0 Å². The Hall–Kier alpha value is -2.51. The first-order valence-electron chi connectivity index (χ1n) is 8.19. The number of carbonyl (C=O) groups is 3.